The Morgan fingerprint density at radius 3 is 2.39 bits per heavy atom. The van der Waals surface area contributed by atoms with E-state index in [1.165, 1.54) is 6.92 Å². The molecule has 0 bridgehead atoms. The Balaban J connectivity index is 3.58. The topological polar surface area (TPSA) is 95.2 Å². The first-order chi connectivity index (χ1) is 8.21. The summed E-state index contributed by atoms with van der Waals surface area (Å²) < 4.78 is 23.9. The maximum absolute atomic E-state index is 11.9. The van der Waals surface area contributed by atoms with Crippen LogP contribution < -0.4 is 0 Å². The molecule has 5 nitrogen and oxygen atoms in total. The van der Waals surface area contributed by atoms with Gasteiger partial charge in [0.15, 0.2) is 9.84 Å². The minimum atomic E-state index is -4.01. The highest BCUT2D eigenvalue weighted by Crippen LogP contribution is 2.30. The van der Waals surface area contributed by atoms with Gasteiger partial charge in [-0.25, -0.2) is 13.2 Å². The monoisotopic (exact) mass is 307 g/mol. The molecule has 96 valence electrons. The van der Waals surface area contributed by atoms with E-state index in [9.17, 15) is 13.2 Å². The van der Waals surface area contributed by atoms with Crippen molar-refractivity contribution in [3.05, 3.63) is 27.7 Å². The van der Waals surface area contributed by atoms with E-state index in [1.54, 1.807) is 6.07 Å². The van der Waals surface area contributed by atoms with E-state index in [1.807, 2.05) is 0 Å². The summed E-state index contributed by atoms with van der Waals surface area (Å²) in [6, 6.07) is 3.46. The average Bonchev–Trinajstić information content (AvgIpc) is 2.26. The number of carboxylic acids is 1. The molecule has 1 aromatic rings. The number of aromatic carboxylic acids is 1. The first-order valence-electron chi connectivity index (χ1n) is 4.57. The molecule has 0 saturated heterocycles. The minimum Gasteiger partial charge on any atom is -0.478 e. The molecule has 0 aromatic heterocycles. The number of benzene rings is 1. The Labute approximate surface area is 113 Å². The maximum Gasteiger partial charge on any atom is 0.337 e. The summed E-state index contributed by atoms with van der Waals surface area (Å²) >= 11 is 11.4. The molecule has 1 aromatic carbocycles. The van der Waals surface area contributed by atoms with E-state index in [0.29, 0.717) is 0 Å². The fourth-order valence-electron chi connectivity index (χ4n) is 1.17. The standard InChI is InChI=1S/C10H7Cl2NO4S/c1-5(4-13)18(16,17)9-2-6(10(14)15)7(11)3-8(9)12/h2-3,5H,1H3,(H,14,15). The molecule has 0 amide bonds. The predicted octanol–water partition coefficient (Wildman–Crippen LogP) is 2.38. The summed E-state index contributed by atoms with van der Waals surface area (Å²) in [6.45, 7) is 1.18. The highest BCUT2D eigenvalue weighted by Gasteiger charge is 2.27. The van der Waals surface area contributed by atoms with Gasteiger partial charge >= 0.3 is 5.97 Å². The lowest BCUT2D eigenvalue weighted by molar-refractivity contribution is 0.0697. The normalized spacial score (nSPS) is 12.8. The molecule has 0 aliphatic carbocycles. The van der Waals surface area contributed by atoms with Gasteiger partial charge in [0.25, 0.3) is 0 Å². The van der Waals surface area contributed by atoms with Crippen molar-refractivity contribution in [2.45, 2.75) is 17.1 Å². The molecule has 1 rings (SSSR count). The zero-order valence-corrected chi connectivity index (χ0v) is 11.3. The zero-order chi connectivity index (χ0) is 14.1. The highest BCUT2D eigenvalue weighted by molar-refractivity contribution is 7.92. The molecule has 8 heteroatoms. The molecule has 0 heterocycles. The van der Waals surface area contributed by atoms with Gasteiger partial charge in [-0.1, -0.05) is 23.2 Å². The number of hydrogen-bond donors (Lipinski definition) is 1. The van der Waals surface area contributed by atoms with Crippen LogP contribution in [-0.2, 0) is 9.84 Å². The minimum absolute atomic E-state index is 0.170. The lowest BCUT2D eigenvalue weighted by atomic mass is 10.2. The molecule has 0 saturated carbocycles. The van der Waals surface area contributed by atoms with Gasteiger partial charge < -0.3 is 5.11 Å². The van der Waals surface area contributed by atoms with Crippen LogP contribution in [0.25, 0.3) is 0 Å². The van der Waals surface area contributed by atoms with Crippen molar-refractivity contribution in [3.63, 3.8) is 0 Å². The molecule has 18 heavy (non-hydrogen) atoms. The van der Waals surface area contributed by atoms with Gasteiger partial charge in [0.2, 0.25) is 0 Å². The number of rotatable bonds is 3. The van der Waals surface area contributed by atoms with Crippen molar-refractivity contribution < 1.29 is 18.3 Å². The van der Waals surface area contributed by atoms with E-state index in [2.05, 4.69) is 0 Å². The van der Waals surface area contributed by atoms with E-state index < -0.39 is 26.0 Å². The fraction of sp³-hybridized carbons (Fsp3) is 0.200. The molecule has 0 aliphatic heterocycles. The van der Waals surface area contributed by atoms with Gasteiger partial charge in [-0.2, -0.15) is 5.26 Å². The van der Waals surface area contributed by atoms with Gasteiger partial charge in [0.1, 0.15) is 5.25 Å². The molecule has 0 spiro atoms. The van der Waals surface area contributed by atoms with Crippen LogP contribution in [0.2, 0.25) is 10.0 Å². The Kier molecular flexibility index (Phi) is 4.22. The number of sulfone groups is 1. The molecular weight excluding hydrogens is 301 g/mol. The van der Waals surface area contributed by atoms with Crippen LogP contribution in [0.15, 0.2) is 17.0 Å². The van der Waals surface area contributed by atoms with Crippen LogP contribution >= 0.6 is 23.2 Å². The number of halogens is 2. The van der Waals surface area contributed by atoms with Crippen LogP contribution in [0.5, 0.6) is 0 Å². The largest absolute Gasteiger partial charge is 0.478 e. The Morgan fingerprint density at radius 1 is 1.39 bits per heavy atom. The van der Waals surface area contributed by atoms with Gasteiger partial charge in [-0.15, -0.1) is 0 Å². The van der Waals surface area contributed by atoms with Crippen LogP contribution in [0.3, 0.4) is 0 Å². The summed E-state index contributed by atoms with van der Waals surface area (Å²) in [4.78, 5) is 10.4. The molecule has 0 radical (unpaired) electrons. The summed E-state index contributed by atoms with van der Waals surface area (Å²) in [7, 11) is -4.01. The first kappa shape index (κ1) is 14.8. The lowest BCUT2D eigenvalue weighted by Gasteiger charge is -2.09. The van der Waals surface area contributed by atoms with Crippen molar-refractivity contribution in [2.75, 3.05) is 0 Å². The summed E-state index contributed by atoms with van der Waals surface area (Å²) in [5.41, 5.74) is -0.384. The Hall–Kier alpha value is -1.29. The van der Waals surface area contributed by atoms with E-state index in [-0.39, 0.29) is 15.6 Å². The number of hydrogen-bond acceptors (Lipinski definition) is 4. The van der Waals surface area contributed by atoms with Crippen LogP contribution in [0.4, 0.5) is 0 Å². The maximum atomic E-state index is 11.9. The van der Waals surface area contributed by atoms with Gasteiger partial charge in [0, 0.05) is 0 Å². The number of nitrogens with zero attached hydrogens (tertiary/aromatic N) is 1. The molecule has 0 aliphatic rings. The van der Waals surface area contributed by atoms with Crippen LogP contribution in [0.1, 0.15) is 17.3 Å². The summed E-state index contributed by atoms with van der Waals surface area (Å²) in [6.07, 6.45) is 0. The van der Waals surface area contributed by atoms with Crippen molar-refractivity contribution >= 4 is 39.0 Å². The lowest BCUT2D eigenvalue weighted by Crippen LogP contribution is -2.17. The zero-order valence-electron chi connectivity index (χ0n) is 9.02. The van der Waals surface area contributed by atoms with Crippen molar-refractivity contribution in [1.82, 2.24) is 0 Å². The Bertz CT molecular complexity index is 649. The smallest absolute Gasteiger partial charge is 0.337 e. The first-order valence-corrected chi connectivity index (χ1v) is 6.88. The summed E-state index contributed by atoms with van der Waals surface area (Å²) in [5.74, 6) is -1.38. The van der Waals surface area contributed by atoms with E-state index >= 15 is 0 Å². The molecule has 1 atom stereocenters. The predicted molar refractivity (Wildman–Crippen MR) is 65.7 cm³/mol. The van der Waals surface area contributed by atoms with E-state index in [4.69, 9.17) is 33.6 Å². The quantitative estimate of drug-likeness (QED) is 0.925. The van der Waals surface area contributed by atoms with Gasteiger partial charge in [-0.05, 0) is 19.1 Å². The van der Waals surface area contributed by atoms with Crippen molar-refractivity contribution in [1.29, 1.82) is 5.26 Å². The second-order valence-electron chi connectivity index (χ2n) is 3.38. The second-order valence-corrected chi connectivity index (χ2v) is 6.44. The van der Waals surface area contributed by atoms with Gasteiger partial charge in [0.05, 0.1) is 26.6 Å². The van der Waals surface area contributed by atoms with Crippen molar-refractivity contribution in [2.24, 2.45) is 0 Å². The third kappa shape index (κ3) is 2.58. The third-order valence-electron chi connectivity index (χ3n) is 2.21. The molecule has 0 fully saturated rings. The number of carbonyl (C=O) groups is 1. The highest BCUT2D eigenvalue weighted by atomic mass is 35.5. The number of carboxylic acid groups (broad SMARTS) is 1. The fourth-order valence-corrected chi connectivity index (χ4v) is 3.09. The van der Waals surface area contributed by atoms with Gasteiger partial charge in [-0.3, -0.25) is 0 Å². The average molecular weight is 308 g/mol. The van der Waals surface area contributed by atoms with E-state index in [0.717, 1.165) is 12.1 Å². The third-order valence-corrected chi connectivity index (χ3v) is 4.93. The Morgan fingerprint density at radius 2 is 1.94 bits per heavy atom. The van der Waals surface area contributed by atoms with Crippen molar-refractivity contribution in [3.8, 4) is 6.07 Å². The second kappa shape index (κ2) is 5.14. The molecule has 1 unspecified atom stereocenters. The van der Waals surface area contributed by atoms with Crippen LogP contribution in [0, 0.1) is 11.3 Å². The van der Waals surface area contributed by atoms with Crippen LogP contribution in [-0.4, -0.2) is 24.7 Å². The SMILES string of the molecule is CC(C#N)S(=O)(=O)c1cc(C(=O)O)c(Cl)cc1Cl. The molecule has 1 N–H and O–H groups in total. The number of nitriles is 1. The summed E-state index contributed by atoms with van der Waals surface area (Å²) in [5, 5.41) is 15.8. The molecular formula is C10H7Cl2NO4S.